The predicted octanol–water partition coefficient (Wildman–Crippen LogP) is 2.65. The molecule has 2 aromatic heterocycles. The van der Waals surface area contributed by atoms with Gasteiger partial charge in [-0.15, -0.1) is 0 Å². The van der Waals surface area contributed by atoms with Crippen molar-refractivity contribution in [3.05, 3.63) is 48.8 Å². The molecule has 7 nitrogen and oxygen atoms in total. The van der Waals surface area contributed by atoms with Gasteiger partial charge in [-0.25, -0.2) is 9.97 Å². The van der Waals surface area contributed by atoms with Crippen LogP contribution in [0.1, 0.15) is 0 Å². The first-order valence-corrected chi connectivity index (χ1v) is 7.88. The standard InChI is InChI=1S/C16H11N5O2S/c22-14(19-12-6-3-7-13-15(12)21-24-20-13)8-23-16-10-4-1-2-5-11(10)17-9-18-16/h1-7,9H,8H2,(H,19,22). The lowest BCUT2D eigenvalue weighted by Gasteiger charge is -2.08. The Kier molecular flexibility index (Phi) is 3.72. The molecule has 0 aliphatic carbocycles. The van der Waals surface area contributed by atoms with Gasteiger partial charge in [0.05, 0.1) is 28.3 Å². The van der Waals surface area contributed by atoms with E-state index in [1.54, 1.807) is 6.07 Å². The van der Waals surface area contributed by atoms with Crippen LogP contribution >= 0.6 is 11.7 Å². The quantitative estimate of drug-likeness (QED) is 0.616. The Hall–Kier alpha value is -3.13. The number of fused-ring (bicyclic) bond motifs is 2. The molecule has 2 heterocycles. The molecule has 0 fully saturated rings. The number of nitrogens with one attached hydrogen (secondary N) is 1. The summed E-state index contributed by atoms with van der Waals surface area (Å²) >= 11 is 1.11. The molecule has 24 heavy (non-hydrogen) atoms. The molecule has 1 amide bonds. The first-order chi connectivity index (χ1) is 11.8. The van der Waals surface area contributed by atoms with Crippen LogP contribution in [-0.4, -0.2) is 31.2 Å². The molecule has 0 unspecified atom stereocenters. The van der Waals surface area contributed by atoms with E-state index in [1.165, 1.54) is 6.33 Å². The highest BCUT2D eigenvalue weighted by Gasteiger charge is 2.11. The van der Waals surface area contributed by atoms with Gasteiger partial charge in [-0.1, -0.05) is 18.2 Å². The van der Waals surface area contributed by atoms with E-state index in [0.29, 0.717) is 17.1 Å². The average Bonchev–Trinajstić information content (AvgIpc) is 3.10. The zero-order valence-electron chi connectivity index (χ0n) is 12.3. The zero-order valence-corrected chi connectivity index (χ0v) is 13.2. The van der Waals surface area contributed by atoms with Crippen molar-refractivity contribution in [2.24, 2.45) is 0 Å². The van der Waals surface area contributed by atoms with Crippen molar-refractivity contribution in [1.82, 2.24) is 18.7 Å². The second-order valence-electron chi connectivity index (χ2n) is 4.97. The molecule has 1 N–H and O–H groups in total. The number of aromatic nitrogens is 4. The highest BCUT2D eigenvalue weighted by molar-refractivity contribution is 7.00. The van der Waals surface area contributed by atoms with Crippen molar-refractivity contribution in [2.75, 3.05) is 11.9 Å². The third-order valence-electron chi connectivity index (χ3n) is 3.41. The van der Waals surface area contributed by atoms with E-state index in [0.717, 1.165) is 28.1 Å². The van der Waals surface area contributed by atoms with Crippen molar-refractivity contribution in [1.29, 1.82) is 0 Å². The molecular formula is C16H11N5O2S. The second-order valence-corrected chi connectivity index (χ2v) is 5.50. The fourth-order valence-electron chi connectivity index (χ4n) is 2.32. The van der Waals surface area contributed by atoms with Gasteiger partial charge < -0.3 is 10.1 Å². The topological polar surface area (TPSA) is 89.9 Å². The summed E-state index contributed by atoms with van der Waals surface area (Å²) in [6.07, 6.45) is 1.41. The molecule has 118 valence electrons. The van der Waals surface area contributed by atoms with Gasteiger partial charge in [0.25, 0.3) is 5.91 Å². The average molecular weight is 337 g/mol. The molecule has 0 aliphatic rings. The minimum Gasteiger partial charge on any atom is -0.467 e. The van der Waals surface area contributed by atoms with Gasteiger partial charge >= 0.3 is 0 Å². The van der Waals surface area contributed by atoms with Gasteiger partial charge in [-0.3, -0.25) is 4.79 Å². The number of hydrogen-bond donors (Lipinski definition) is 1. The first kappa shape index (κ1) is 14.5. The maximum absolute atomic E-state index is 12.2. The number of benzene rings is 2. The normalized spacial score (nSPS) is 10.8. The molecule has 0 spiro atoms. The van der Waals surface area contributed by atoms with E-state index in [9.17, 15) is 4.79 Å². The summed E-state index contributed by atoms with van der Waals surface area (Å²) < 4.78 is 13.9. The van der Waals surface area contributed by atoms with Gasteiger partial charge in [0.1, 0.15) is 17.4 Å². The number of anilines is 1. The Balaban J connectivity index is 1.49. The molecule has 0 saturated heterocycles. The lowest BCUT2D eigenvalue weighted by Crippen LogP contribution is -2.20. The summed E-state index contributed by atoms with van der Waals surface area (Å²) in [7, 11) is 0. The minimum absolute atomic E-state index is 0.158. The van der Waals surface area contributed by atoms with Gasteiger partial charge in [0.15, 0.2) is 6.61 Å². The highest BCUT2D eigenvalue weighted by Crippen LogP contribution is 2.22. The molecule has 0 bridgehead atoms. The van der Waals surface area contributed by atoms with Crippen LogP contribution in [0.3, 0.4) is 0 Å². The van der Waals surface area contributed by atoms with Crippen LogP contribution in [0, 0.1) is 0 Å². The Morgan fingerprint density at radius 3 is 2.88 bits per heavy atom. The smallest absolute Gasteiger partial charge is 0.262 e. The van der Waals surface area contributed by atoms with Crippen LogP contribution < -0.4 is 10.1 Å². The van der Waals surface area contributed by atoms with E-state index in [4.69, 9.17) is 4.74 Å². The summed E-state index contributed by atoms with van der Waals surface area (Å²) in [6, 6.07) is 12.9. The fraction of sp³-hybridized carbons (Fsp3) is 0.0625. The summed E-state index contributed by atoms with van der Waals surface area (Å²) in [5.74, 6) is 0.0856. The van der Waals surface area contributed by atoms with E-state index < -0.39 is 0 Å². The lowest BCUT2D eigenvalue weighted by atomic mass is 10.2. The summed E-state index contributed by atoms with van der Waals surface area (Å²) in [4.78, 5) is 20.4. The maximum atomic E-state index is 12.2. The van der Waals surface area contributed by atoms with Gasteiger partial charge in [0.2, 0.25) is 5.88 Å². The number of para-hydroxylation sites is 1. The van der Waals surface area contributed by atoms with Crippen LogP contribution in [0.5, 0.6) is 5.88 Å². The van der Waals surface area contributed by atoms with Gasteiger partial charge in [-0.05, 0) is 24.3 Å². The molecular weight excluding hydrogens is 326 g/mol. The molecule has 8 heteroatoms. The number of rotatable bonds is 4. The monoisotopic (exact) mass is 337 g/mol. The lowest BCUT2D eigenvalue weighted by molar-refractivity contribution is -0.118. The predicted molar refractivity (Wildman–Crippen MR) is 91.1 cm³/mol. The number of carbonyl (C=O) groups is 1. The Morgan fingerprint density at radius 2 is 1.92 bits per heavy atom. The number of amides is 1. The third-order valence-corrected chi connectivity index (χ3v) is 3.95. The van der Waals surface area contributed by atoms with Crippen molar-refractivity contribution in [2.45, 2.75) is 0 Å². The number of carbonyl (C=O) groups excluding carboxylic acids is 1. The number of hydrogen-bond acceptors (Lipinski definition) is 7. The first-order valence-electron chi connectivity index (χ1n) is 7.15. The van der Waals surface area contributed by atoms with Crippen LogP contribution in [0.25, 0.3) is 21.9 Å². The fourth-order valence-corrected chi connectivity index (χ4v) is 2.87. The largest absolute Gasteiger partial charge is 0.467 e. The van der Waals surface area contributed by atoms with Crippen molar-refractivity contribution >= 4 is 45.3 Å². The molecule has 4 aromatic rings. The highest BCUT2D eigenvalue weighted by atomic mass is 32.1. The van der Waals surface area contributed by atoms with Crippen molar-refractivity contribution in [3.63, 3.8) is 0 Å². The van der Waals surface area contributed by atoms with E-state index >= 15 is 0 Å². The minimum atomic E-state index is -0.293. The summed E-state index contributed by atoms with van der Waals surface area (Å²) in [5.41, 5.74) is 2.80. The molecule has 0 saturated carbocycles. The van der Waals surface area contributed by atoms with Crippen LogP contribution in [0.15, 0.2) is 48.8 Å². The third kappa shape index (κ3) is 2.74. The Bertz CT molecular complexity index is 1030. The SMILES string of the molecule is O=C(COc1ncnc2ccccc12)Nc1cccc2nsnc12. The number of nitrogens with zero attached hydrogens (tertiary/aromatic N) is 4. The number of ether oxygens (including phenoxy) is 1. The van der Waals surface area contributed by atoms with Gasteiger partial charge in [-0.2, -0.15) is 8.75 Å². The maximum Gasteiger partial charge on any atom is 0.262 e. The van der Waals surface area contributed by atoms with Crippen LogP contribution in [0.4, 0.5) is 5.69 Å². The molecule has 0 radical (unpaired) electrons. The zero-order chi connectivity index (χ0) is 16.4. The Labute approximate surface area is 140 Å². The Morgan fingerprint density at radius 1 is 1.04 bits per heavy atom. The van der Waals surface area contributed by atoms with E-state index in [2.05, 4.69) is 24.0 Å². The second kappa shape index (κ2) is 6.17. The van der Waals surface area contributed by atoms with E-state index in [1.807, 2.05) is 36.4 Å². The molecule has 4 rings (SSSR count). The summed E-state index contributed by atoms with van der Waals surface area (Å²) in [5, 5.41) is 3.55. The molecule has 0 atom stereocenters. The van der Waals surface area contributed by atoms with E-state index in [-0.39, 0.29) is 12.5 Å². The molecule has 0 aliphatic heterocycles. The molecule has 2 aromatic carbocycles. The van der Waals surface area contributed by atoms with Crippen LogP contribution in [-0.2, 0) is 4.79 Å². The van der Waals surface area contributed by atoms with Crippen molar-refractivity contribution < 1.29 is 9.53 Å². The van der Waals surface area contributed by atoms with Crippen molar-refractivity contribution in [3.8, 4) is 5.88 Å². The van der Waals surface area contributed by atoms with Gasteiger partial charge in [0, 0.05) is 0 Å². The van der Waals surface area contributed by atoms with Crippen LogP contribution in [0.2, 0.25) is 0 Å². The summed E-state index contributed by atoms with van der Waals surface area (Å²) in [6.45, 7) is -0.158.